The molecule has 1 fully saturated rings. The first kappa shape index (κ1) is 13.6. The van der Waals surface area contributed by atoms with Crippen LogP contribution in [0.2, 0.25) is 0 Å². The highest BCUT2D eigenvalue weighted by atomic mass is 32.1. The first-order valence-electron chi connectivity index (χ1n) is 6.63. The molecule has 1 N–H and O–H groups in total. The Balaban J connectivity index is 1.71. The van der Waals surface area contributed by atoms with Crippen molar-refractivity contribution in [1.29, 1.82) is 0 Å². The summed E-state index contributed by atoms with van der Waals surface area (Å²) in [6.45, 7) is 1.75. The zero-order valence-electron chi connectivity index (χ0n) is 10.7. The Hall–Kier alpha value is -0.820. The van der Waals surface area contributed by atoms with Crippen LogP contribution in [0.1, 0.15) is 42.5 Å². The highest BCUT2D eigenvalue weighted by Gasteiger charge is 2.14. The third-order valence-electron chi connectivity index (χ3n) is 3.20. The minimum atomic E-state index is 0.133. The molecule has 98 valence electrons. The van der Waals surface area contributed by atoms with Gasteiger partial charge in [-0.15, -0.1) is 11.3 Å². The molecule has 1 aromatic rings. The van der Waals surface area contributed by atoms with Crippen LogP contribution < -0.4 is 0 Å². The quantitative estimate of drug-likeness (QED) is 0.828. The van der Waals surface area contributed by atoms with Crippen molar-refractivity contribution in [3.8, 4) is 11.8 Å². The van der Waals surface area contributed by atoms with E-state index in [1.165, 1.54) is 30.6 Å². The summed E-state index contributed by atoms with van der Waals surface area (Å²) in [6.07, 6.45) is 5.96. The number of rotatable bonds is 5. The Labute approximate surface area is 113 Å². The highest BCUT2D eigenvalue weighted by molar-refractivity contribution is 7.10. The Morgan fingerprint density at radius 2 is 2.22 bits per heavy atom. The van der Waals surface area contributed by atoms with Crippen LogP contribution in [0.4, 0.5) is 0 Å². The van der Waals surface area contributed by atoms with Gasteiger partial charge in [0.25, 0.3) is 0 Å². The molecule has 2 nitrogen and oxygen atoms in total. The fourth-order valence-electron chi connectivity index (χ4n) is 2.25. The van der Waals surface area contributed by atoms with Gasteiger partial charge in [-0.3, -0.25) is 0 Å². The average Bonchev–Trinajstić information content (AvgIpc) is 3.01. The molecule has 0 aromatic carbocycles. The van der Waals surface area contributed by atoms with E-state index in [1.807, 2.05) is 0 Å². The van der Waals surface area contributed by atoms with Crippen LogP contribution >= 0.6 is 11.3 Å². The first-order chi connectivity index (χ1) is 8.88. The van der Waals surface area contributed by atoms with Crippen molar-refractivity contribution in [2.24, 2.45) is 5.92 Å². The normalized spacial score (nSPS) is 15.6. The summed E-state index contributed by atoms with van der Waals surface area (Å²) in [4.78, 5) is 1.24. The van der Waals surface area contributed by atoms with E-state index in [4.69, 9.17) is 9.84 Å². The van der Waals surface area contributed by atoms with Gasteiger partial charge >= 0.3 is 0 Å². The summed E-state index contributed by atoms with van der Waals surface area (Å²) in [5.74, 6) is 6.76. The van der Waals surface area contributed by atoms with Crippen molar-refractivity contribution in [3.63, 3.8) is 0 Å². The second kappa shape index (κ2) is 7.58. The van der Waals surface area contributed by atoms with E-state index in [0.717, 1.165) is 18.1 Å². The van der Waals surface area contributed by atoms with Crippen LogP contribution in [-0.2, 0) is 11.3 Å². The number of aliphatic hydroxyl groups is 1. The molecule has 0 amide bonds. The summed E-state index contributed by atoms with van der Waals surface area (Å²) < 4.78 is 5.76. The molecule has 0 bridgehead atoms. The SMILES string of the molecule is OCCC#Cc1csc(COCC2CCCC2)c1. The van der Waals surface area contributed by atoms with E-state index in [0.29, 0.717) is 13.0 Å². The average molecular weight is 264 g/mol. The Morgan fingerprint density at radius 1 is 1.39 bits per heavy atom. The topological polar surface area (TPSA) is 29.5 Å². The maximum atomic E-state index is 8.65. The number of thiophene rings is 1. The zero-order chi connectivity index (χ0) is 12.6. The maximum Gasteiger partial charge on any atom is 0.0809 e. The molecular weight excluding hydrogens is 244 g/mol. The smallest absolute Gasteiger partial charge is 0.0809 e. The molecule has 0 saturated heterocycles. The summed E-state index contributed by atoms with van der Waals surface area (Å²) in [6, 6.07) is 2.09. The predicted molar refractivity (Wildman–Crippen MR) is 74.5 cm³/mol. The third kappa shape index (κ3) is 4.45. The van der Waals surface area contributed by atoms with Gasteiger partial charge in [0.1, 0.15) is 0 Å². The van der Waals surface area contributed by atoms with Gasteiger partial charge < -0.3 is 9.84 Å². The van der Waals surface area contributed by atoms with Crippen LogP contribution in [0.5, 0.6) is 0 Å². The molecule has 0 spiro atoms. The van der Waals surface area contributed by atoms with E-state index in [-0.39, 0.29) is 6.61 Å². The Bertz CT molecular complexity index is 408. The fraction of sp³-hybridized carbons (Fsp3) is 0.600. The summed E-state index contributed by atoms with van der Waals surface area (Å²) in [5.41, 5.74) is 1.04. The summed E-state index contributed by atoms with van der Waals surface area (Å²) in [5, 5.41) is 10.7. The van der Waals surface area contributed by atoms with Gasteiger partial charge in [0, 0.05) is 28.8 Å². The zero-order valence-corrected chi connectivity index (χ0v) is 11.5. The second-order valence-electron chi connectivity index (χ2n) is 4.74. The third-order valence-corrected chi connectivity index (χ3v) is 4.11. The molecule has 2 rings (SSSR count). The van der Waals surface area contributed by atoms with Crippen LogP contribution in [0, 0.1) is 17.8 Å². The van der Waals surface area contributed by atoms with E-state index in [2.05, 4.69) is 23.3 Å². The van der Waals surface area contributed by atoms with Crippen molar-refractivity contribution < 1.29 is 9.84 Å². The minimum absolute atomic E-state index is 0.133. The standard InChI is InChI=1S/C15H20O2S/c16-8-4-3-7-14-9-15(18-12-14)11-17-10-13-5-1-2-6-13/h9,12-13,16H,1-2,4-6,8,10-11H2. The molecular formula is C15H20O2S. The van der Waals surface area contributed by atoms with Crippen molar-refractivity contribution >= 4 is 11.3 Å². The highest BCUT2D eigenvalue weighted by Crippen LogP contribution is 2.25. The molecule has 0 aliphatic heterocycles. The monoisotopic (exact) mass is 264 g/mol. The van der Waals surface area contributed by atoms with Crippen LogP contribution in [0.25, 0.3) is 0 Å². The number of ether oxygens (including phenoxy) is 1. The molecule has 1 aliphatic rings. The van der Waals surface area contributed by atoms with Crippen LogP contribution in [0.15, 0.2) is 11.4 Å². The van der Waals surface area contributed by atoms with Crippen molar-refractivity contribution in [3.05, 3.63) is 21.9 Å². The van der Waals surface area contributed by atoms with Crippen LogP contribution in [-0.4, -0.2) is 18.3 Å². The minimum Gasteiger partial charge on any atom is -0.395 e. The molecule has 0 unspecified atom stereocenters. The molecule has 1 aliphatic carbocycles. The number of aliphatic hydroxyl groups excluding tert-OH is 1. The van der Waals surface area contributed by atoms with Gasteiger partial charge in [-0.1, -0.05) is 24.7 Å². The van der Waals surface area contributed by atoms with Crippen molar-refractivity contribution in [2.45, 2.75) is 38.7 Å². The summed E-state index contributed by atoms with van der Waals surface area (Å²) in [7, 11) is 0. The van der Waals surface area contributed by atoms with Gasteiger partial charge in [-0.25, -0.2) is 0 Å². The molecule has 0 radical (unpaired) electrons. The van der Waals surface area contributed by atoms with E-state index < -0.39 is 0 Å². The fourth-order valence-corrected chi connectivity index (χ4v) is 3.00. The van der Waals surface area contributed by atoms with Gasteiger partial charge in [-0.2, -0.15) is 0 Å². The largest absolute Gasteiger partial charge is 0.395 e. The number of hydrogen-bond donors (Lipinski definition) is 1. The van der Waals surface area contributed by atoms with E-state index in [9.17, 15) is 0 Å². The molecule has 1 aromatic heterocycles. The molecule has 1 saturated carbocycles. The summed E-state index contributed by atoms with van der Waals surface area (Å²) >= 11 is 1.70. The number of hydrogen-bond acceptors (Lipinski definition) is 3. The Morgan fingerprint density at radius 3 is 3.00 bits per heavy atom. The van der Waals surface area contributed by atoms with E-state index in [1.54, 1.807) is 11.3 Å². The molecule has 18 heavy (non-hydrogen) atoms. The van der Waals surface area contributed by atoms with Gasteiger partial charge in [-0.05, 0) is 24.8 Å². The lowest BCUT2D eigenvalue weighted by atomic mass is 10.1. The van der Waals surface area contributed by atoms with Gasteiger partial charge in [0.05, 0.1) is 13.2 Å². The second-order valence-corrected chi connectivity index (χ2v) is 5.74. The van der Waals surface area contributed by atoms with E-state index >= 15 is 0 Å². The molecule has 0 atom stereocenters. The lowest BCUT2D eigenvalue weighted by molar-refractivity contribution is 0.0906. The van der Waals surface area contributed by atoms with Gasteiger partial charge in [0.2, 0.25) is 0 Å². The Kier molecular flexibility index (Phi) is 5.73. The lowest BCUT2D eigenvalue weighted by Crippen LogP contribution is -2.04. The van der Waals surface area contributed by atoms with Gasteiger partial charge in [0.15, 0.2) is 0 Å². The lowest BCUT2D eigenvalue weighted by Gasteiger charge is -2.08. The first-order valence-corrected chi connectivity index (χ1v) is 7.51. The van der Waals surface area contributed by atoms with Crippen LogP contribution in [0.3, 0.4) is 0 Å². The molecule has 1 heterocycles. The maximum absolute atomic E-state index is 8.65. The van der Waals surface area contributed by atoms with Crippen molar-refractivity contribution in [2.75, 3.05) is 13.2 Å². The predicted octanol–water partition coefficient (Wildman–Crippen LogP) is 3.19. The molecule has 3 heteroatoms. The van der Waals surface area contributed by atoms with Crippen molar-refractivity contribution in [1.82, 2.24) is 0 Å².